The summed E-state index contributed by atoms with van der Waals surface area (Å²) in [6, 6.07) is 0. The molecule has 4 rings (SSSR count). The number of Topliss-reactive ketones (excluding diaryl/α,β-unsaturated/α-hetero) is 1. The smallest absolute Gasteiger partial charge is 0.158 e. The zero-order valence-corrected chi connectivity index (χ0v) is 19.4. The van der Waals surface area contributed by atoms with Gasteiger partial charge in [-0.3, -0.25) is 4.79 Å². The quantitative estimate of drug-likeness (QED) is 0.659. The van der Waals surface area contributed by atoms with E-state index in [0.717, 1.165) is 18.8 Å². The fourth-order valence-electron chi connectivity index (χ4n) is 9.22. The molecule has 3 heteroatoms. The van der Waals surface area contributed by atoms with Gasteiger partial charge in [-0.05, 0) is 79.4 Å². The van der Waals surface area contributed by atoms with Crippen LogP contribution in [0.4, 0.5) is 0 Å². The van der Waals surface area contributed by atoms with E-state index in [1.54, 1.807) is 0 Å². The van der Waals surface area contributed by atoms with E-state index in [1.807, 2.05) is 6.08 Å². The Morgan fingerprint density at radius 1 is 1.03 bits per heavy atom. The van der Waals surface area contributed by atoms with E-state index < -0.39 is 17.6 Å². The minimum absolute atomic E-state index is 0.0571. The summed E-state index contributed by atoms with van der Waals surface area (Å²) in [6.07, 6.45) is 9.71. The largest absolute Gasteiger partial charge is 0.392 e. The summed E-state index contributed by atoms with van der Waals surface area (Å²) in [5, 5.41) is 22.7. The average molecular weight is 403 g/mol. The van der Waals surface area contributed by atoms with Crippen molar-refractivity contribution in [2.45, 2.75) is 105 Å². The highest BCUT2D eigenvalue weighted by atomic mass is 16.3. The summed E-state index contributed by atoms with van der Waals surface area (Å²) < 4.78 is 0. The lowest BCUT2D eigenvalue weighted by atomic mass is 9.35. The average Bonchev–Trinajstić information content (AvgIpc) is 2.65. The number of hydrogen-bond donors (Lipinski definition) is 2. The summed E-state index contributed by atoms with van der Waals surface area (Å²) in [5.74, 6) is 1.36. The van der Waals surface area contributed by atoms with E-state index in [1.165, 1.54) is 45.4 Å². The van der Waals surface area contributed by atoms with Crippen molar-refractivity contribution in [3.8, 4) is 0 Å². The standard InChI is InChI=1S/C26H42O3/c1-7-23(3)12-8-13-24(4)18(23)11-14-25(5)19-10-9-17(16(2)27)22(29)26(19,6)21(28)15-20(24)25/h9,18-22,28-29H,7-8,10-15H2,1-6H3. The Morgan fingerprint density at radius 3 is 2.31 bits per heavy atom. The molecule has 2 N–H and O–H groups in total. The first-order valence-corrected chi connectivity index (χ1v) is 12.0. The van der Waals surface area contributed by atoms with Gasteiger partial charge < -0.3 is 10.2 Å². The number of aliphatic hydroxyl groups excluding tert-OH is 2. The maximum Gasteiger partial charge on any atom is 0.158 e. The number of carbonyl (C=O) groups is 1. The normalized spacial score (nSPS) is 54.6. The monoisotopic (exact) mass is 402 g/mol. The predicted molar refractivity (Wildman–Crippen MR) is 116 cm³/mol. The van der Waals surface area contributed by atoms with E-state index >= 15 is 0 Å². The van der Waals surface area contributed by atoms with Crippen LogP contribution in [0.1, 0.15) is 92.9 Å². The zero-order valence-electron chi connectivity index (χ0n) is 19.4. The van der Waals surface area contributed by atoms with Gasteiger partial charge in [0.25, 0.3) is 0 Å². The van der Waals surface area contributed by atoms with Crippen LogP contribution in [0.25, 0.3) is 0 Å². The molecule has 0 aliphatic heterocycles. The number of rotatable bonds is 2. The Hall–Kier alpha value is -0.670. The van der Waals surface area contributed by atoms with E-state index in [2.05, 4.69) is 34.6 Å². The van der Waals surface area contributed by atoms with Gasteiger partial charge in [0.2, 0.25) is 0 Å². The minimum atomic E-state index is -0.857. The van der Waals surface area contributed by atoms with Crippen molar-refractivity contribution in [3.63, 3.8) is 0 Å². The van der Waals surface area contributed by atoms with E-state index in [9.17, 15) is 15.0 Å². The van der Waals surface area contributed by atoms with Crippen molar-refractivity contribution >= 4 is 5.78 Å². The molecule has 4 aliphatic rings. The SMILES string of the molecule is CCC1(C)CCCC2(C)C1CCC1(C)C2CC(O)C2(C)C(O)C(C(C)=O)=CCC12. The van der Waals surface area contributed by atoms with Gasteiger partial charge in [0.15, 0.2) is 5.78 Å². The van der Waals surface area contributed by atoms with Crippen molar-refractivity contribution in [2.75, 3.05) is 0 Å². The Morgan fingerprint density at radius 2 is 1.69 bits per heavy atom. The van der Waals surface area contributed by atoms with Crippen LogP contribution in [0.5, 0.6) is 0 Å². The fraction of sp³-hybridized carbons (Fsp3) is 0.885. The van der Waals surface area contributed by atoms with Gasteiger partial charge in [-0.1, -0.05) is 53.5 Å². The Balaban J connectivity index is 1.78. The summed E-state index contributed by atoms with van der Waals surface area (Å²) in [4.78, 5) is 12.1. The fourth-order valence-corrected chi connectivity index (χ4v) is 9.22. The second kappa shape index (κ2) is 6.66. The van der Waals surface area contributed by atoms with Gasteiger partial charge in [-0.25, -0.2) is 0 Å². The Labute approximate surface area is 177 Å². The molecular formula is C26H42O3. The first-order chi connectivity index (χ1) is 13.4. The van der Waals surface area contributed by atoms with E-state index in [4.69, 9.17) is 0 Å². The minimum Gasteiger partial charge on any atom is -0.392 e. The third kappa shape index (κ3) is 2.65. The highest BCUT2D eigenvalue weighted by Crippen LogP contribution is 2.72. The molecule has 9 unspecified atom stereocenters. The van der Waals surface area contributed by atoms with Crippen LogP contribution in [0.15, 0.2) is 11.6 Å². The summed E-state index contributed by atoms with van der Waals surface area (Å²) in [7, 11) is 0. The molecule has 0 spiro atoms. The lowest BCUT2D eigenvalue weighted by molar-refractivity contribution is -0.242. The van der Waals surface area contributed by atoms with Crippen LogP contribution in [-0.2, 0) is 4.79 Å². The molecule has 4 aliphatic carbocycles. The third-order valence-corrected chi connectivity index (χ3v) is 11.1. The number of hydrogen-bond acceptors (Lipinski definition) is 3. The van der Waals surface area contributed by atoms with E-state index in [-0.39, 0.29) is 22.5 Å². The first kappa shape index (κ1) is 21.6. The molecule has 0 radical (unpaired) electrons. The Kier molecular flexibility index (Phi) is 4.95. The van der Waals surface area contributed by atoms with Gasteiger partial charge in [0.1, 0.15) is 0 Å². The van der Waals surface area contributed by atoms with Crippen LogP contribution in [-0.4, -0.2) is 28.2 Å². The van der Waals surface area contributed by atoms with Crippen LogP contribution in [0.2, 0.25) is 0 Å². The molecule has 0 saturated heterocycles. The molecule has 3 saturated carbocycles. The lowest BCUT2D eigenvalue weighted by Crippen LogP contribution is -2.67. The number of ketones is 1. The predicted octanol–water partition coefficient (Wildman–Crippen LogP) is 5.29. The van der Waals surface area contributed by atoms with Gasteiger partial charge in [0.05, 0.1) is 12.2 Å². The van der Waals surface area contributed by atoms with Crippen LogP contribution >= 0.6 is 0 Å². The highest BCUT2D eigenvalue weighted by Gasteiger charge is 2.68. The lowest BCUT2D eigenvalue weighted by Gasteiger charge is -2.70. The van der Waals surface area contributed by atoms with Crippen molar-refractivity contribution in [3.05, 3.63) is 11.6 Å². The molecule has 0 amide bonds. The molecule has 3 nitrogen and oxygen atoms in total. The molecule has 0 aromatic rings. The molecule has 0 bridgehead atoms. The zero-order chi connectivity index (χ0) is 21.4. The second-order valence-electron chi connectivity index (χ2n) is 12.0. The molecule has 164 valence electrons. The second-order valence-corrected chi connectivity index (χ2v) is 12.0. The summed E-state index contributed by atoms with van der Waals surface area (Å²) >= 11 is 0. The van der Waals surface area contributed by atoms with Gasteiger partial charge in [-0.2, -0.15) is 0 Å². The number of aliphatic hydroxyl groups is 2. The highest BCUT2D eigenvalue weighted by molar-refractivity contribution is 5.94. The van der Waals surface area contributed by atoms with Crippen molar-refractivity contribution < 1.29 is 15.0 Å². The van der Waals surface area contributed by atoms with Crippen molar-refractivity contribution in [1.29, 1.82) is 0 Å². The maximum absolute atomic E-state index is 12.1. The molecule has 9 atom stereocenters. The summed E-state index contributed by atoms with van der Waals surface area (Å²) in [5.41, 5.74) is 0.653. The van der Waals surface area contributed by atoms with Crippen LogP contribution in [0.3, 0.4) is 0 Å². The van der Waals surface area contributed by atoms with Crippen molar-refractivity contribution in [2.24, 2.45) is 39.4 Å². The molecule has 0 aromatic carbocycles. The third-order valence-electron chi connectivity index (χ3n) is 11.1. The van der Waals surface area contributed by atoms with E-state index in [0.29, 0.717) is 16.9 Å². The van der Waals surface area contributed by atoms with Gasteiger partial charge >= 0.3 is 0 Å². The van der Waals surface area contributed by atoms with Gasteiger partial charge in [0, 0.05) is 11.0 Å². The van der Waals surface area contributed by atoms with Crippen molar-refractivity contribution in [1.82, 2.24) is 0 Å². The molecule has 0 heterocycles. The first-order valence-electron chi connectivity index (χ1n) is 12.0. The summed E-state index contributed by atoms with van der Waals surface area (Å²) in [6.45, 7) is 13.4. The van der Waals surface area contributed by atoms with Crippen LogP contribution in [0, 0.1) is 39.4 Å². The number of carbonyl (C=O) groups excluding carboxylic acids is 1. The number of allylic oxidation sites excluding steroid dienone is 1. The maximum atomic E-state index is 12.1. The topological polar surface area (TPSA) is 57.5 Å². The van der Waals surface area contributed by atoms with Crippen LogP contribution < -0.4 is 0 Å². The Bertz CT molecular complexity index is 727. The van der Waals surface area contributed by atoms with Gasteiger partial charge in [-0.15, -0.1) is 0 Å². The molecular weight excluding hydrogens is 360 g/mol. The molecule has 29 heavy (non-hydrogen) atoms. The number of fused-ring (bicyclic) bond motifs is 5. The molecule has 3 fully saturated rings. The molecule has 0 aromatic heterocycles.